The van der Waals surface area contributed by atoms with Crippen LogP contribution in [-0.2, 0) is 6.54 Å². The molecule has 0 aliphatic carbocycles. The van der Waals surface area contributed by atoms with E-state index in [2.05, 4.69) is 16.4 Å². The molecule has 4 N–H and O–H groups in total. The molecule has 1 aromatic carbocycles. The van der Waals surface area contributed by atoms with Crippen LogP contribution in [0.3, 0.4) is 0 Å². The molecule has 0 heterocycles. The molecule has 1 unspecified atom stereocenters. The summed E-state index contributed by atoms with van der Waals surface area (Å²) < 4.78 is 5.23. The molecule has 0 aliphatic heterocycles. The van der Waals surface area contributed by atoms with Crippen LogP contribution in [0.4, 0.5) is 0 Å². The molecule has 0 fully saturated rings. The fourth-order valence-corrected chi connectivity index (χ4v) is 1.65. The van der Waals surface area contributed by atoms with Crippen LogP contribution in [-0.4, -0.2) is 24.2 Å². The van der Waals surface area contributed by atoms with Gasteiger partial charge in [0.15, 0.2) is 5.84 Å². The quantitative estimate of drug-likeness (QED) is 0.237. The van der Waals surface area contributed by atoms with E-state index < -0.39 is 0 Å². The molecule has 1 rings (SSSR count). The minimum absolute atomic E-state index is 0.0251. The topological polar surface area (TPSA) is 79.9 Å². The molecule has 0 saturated heterocycles. The van der Waals surface area contributed by atoms with Crippen molar-refractivity contribution in [3.05, 3.63) is 29.3 Å². The van der Waals surface area contributed by atoms with Crippen LogP contribution >= 0.6 is 0 Å². The zero-order valence-corrected chi connectivity index (χ0v) is 11.2. The number of nitrogens with zero attached hydrogens (tertiary/aromatic N) is 1. The van der Waals surface area contributed by atoms with Crippen LogP contribution in [0, 0.1) is 12.3 Å². The average Bonchev–Trinajstić information content (AvgIpc) is 2.44. The second kappa shape index (κ2) is 7.29. The Labute approximate surface area is 113 Å². The highest BCUT2D eigenvalue weighted by Gasteiger charge is 2.09. The molecule has 0 aliphatic rings. The number of amidine groups is 1. The summed E-state index contributed by atoms with van der Waals surface area (Å²) in [5, 5.41) is 15.0. The van der Waals surface area contributed by atoms with Crippen molar-refractivity contribution < 1.29 is 9.94 Å². The van der Waals surface area contributed by atoms with E-state index in [0.29, 0.717) is 24.3 Å². The van der Waals surface area contributed by atoms with Gasteiger partial charge >= 0.3 is 0 Å². The first-order valence-corrected chi connectivity index (χ1v) is 5.94. The van der Waals surface area contributed by atoms with Gasteiger partial charge in [0.25, 0.3) is 0 Å². The molecule has 0 saturated carbocycles. The smallest absolute Gasteiger partial charge is 0.173 e. The van der Waals surface area contributed by atoms with Gasteiger partial charge in [0.05, 0.1) is 12.7 Å². The van der Waals surface area contributed by atoms with E-state index in [-0.39, 0.29) is 11.9 Å². The predicted octanol–water partition coefficient (Wildman–Crippen LogP) is 1.29. The largest absolute Gasteiger partial charge is 0.496 e. The minimum atomic E-state index is 0.0251. The maximum absolute atomic E-state index is 8.69. The number of hydrogen-bond acceptors (Lipinski definition) is 4. The maximum atomic E-state index is 8.69. The van der Waals surface area contributed by atoms with Gasteiger partial charge in [-0.15, -0.1) is 12.3 Å². The summed E-state index contributed by atoms with van der Waals surface area (Å²) in [6.07, 6.45) is 5.93. The first-order chi connectivity index (χ1) is 9.12. The van der Waals surface area contributed by atoms with Gasteiger partial charge in [0.1, 0.15) is 5.75 Å². The van der Waals surface area contributed by atoms with Crippen LogP contribution < -0.4 is 15.8 Å². The summed E-state index contributed by atoms with van der Waals surface area (Å²) in [6, 6.07) is 5.75. The second-order valence-electron chi connectivity index (χ2n) is 4.21. The van der Waals surface area contributed by atoms with Crippen molar-refractivity contribution in [3.8, 4) is 18.1 Å². The highest BCUT2D eigenvalue weighted by Crippen LogP contribution is 2.20. The molecule has 1 aromatic rings. The molecular weight excluding hydrogens is 242 g/mol. The van der Waals surface area contributed by atoms with Crippen LogP contribution in [0.1, 0.15) is 24.5 Å². The van der Waals surface area contributed by atoms with Crippen molar-refractivity contribution in [2.24, 2.45) is 10.9 Å². The molecule has 1 atom stereocenters. The average molecular weight is 261 g/mol. The van der Waals surface area contributed by atoms with Gasteiger partial charge in [-0.25, -0.2) is 0 Å². The lowest BCUT2D eigenvalue weighted by molar-refractivity contribution is 0.318. The van der Waals surface area contributed by atoms with Crippen LogP contribution in [0.15, 0.2) is 23.4 Å². The Morgan fingerprint density at radius 3 is 2.95 bits per heavy atom. The van der Waals surface area contributed by atoms with Gasteiger partial charge in [-0.05, 0) is 24.6 Å². The zero-order chi connectivity index (χ0) is 14.3. The third kappa shape index (κ3) is 4.19. The monoisotopic (exact) mass is 261 g/mol. The number of terminal acetylenes is 1. The Bertz CT molecular complexity index is 492. The third-order valence-electron chi connectivity index (χ3n) is 2.73. The molecule has 19 heavy (non-hydrogen) atoms. The van der Waals surface area contributed by atoms with E-state index in [1.807, 2.05) is 19.1 Å². The lowest BCUT2D eigenvalue weighted by Crippen LogP contribution is -2.25. The molecule has 0 aromatic heterocycles. The molecule has 0 spiro atoms. The van der Waals surface area contributed by atoms with Crippen molar-refractivity contribution in [1.82, 2.24) is 5.32 Å². The van der Waals surface area contributed by atoms with Gasteiger partial charge in [-0.2, -0.15) is 0 Å². The number of hydrogen-bond donors (Lipinski definition) is 3. The summed E-state index contributed by atoms with van der Waals surface area (Å²) in [7, 11) is 1.54. The molecule has 0 bridgehead atoms. The first kappa shape index (κ1) is 14.9. The standard InChI is InChI=1S/C14H19N3O2/c1-4-5-10(2)16-9-11-6-7-12(14(15)17-18)13(8-11)19-3/h1,6-8,10,16,18H,5,9H2,2-3H3,(H2,15,17). The van der Waals surface area contributed by atoms with Crippen LogP contribution in [0.2, 0.25) is 0 Å². The van der Waals surface area contributed by atoms with E-state index >= 15 is 0 Å². The maximum Gasteiger partial charge on any atom is 0.173 e. The molecule has 5 heteroatoms. The number of nitrogens with two attached hydrogens (primary N) is 1. The third-order valence-corrected chi connectivity index (χ3v) is 2.73. The predicted molar refractivity (Wildman–Crippen MR) is 75.3 cm³/mol. The van der Waals surface area contributed by atoms with Crippen molar-refractivity contribution in [2.45, 2.75) is 25.9 Å². The molecule has 102 valence electrons. The van der Waals surface area contributed by atoms with Crippen molar-refractivity contribution in [2.75, 3.05) is 7.11 Å². The van der Waals surface area contributed by atoms with Crippen LogP contribution in [0.25, 0.3) is 0 Å². The van der Waals surface area contributed by atoms with Gasteiger partial charge < -0.3 is 21.0 Å². The summed E-state index contributed by atoms with van der Waals surface area (Å²) >= 11 is 0. The summed E-state index contributed by atoms with van der Waals surface area (Å²) in [6.45, 7) is 2.71. The summed E-state index contributed by atoms with van der Waals surface area (Å²) in [5.41, 5.74) is 7.16. The van der Waals surface area contributed by atoms with Crippen molar-refractivity contribution in [1.29, 1.82) is 0 Å². The highest BCUT2D eigenvalue weighted by molar-refractivity contribution is 5.99. The van der Waals surface area contributed by atoms with E-state index in [9.17, 15) is 0 Å². The second-order valence-corrected chi connectivity index (χ2v) is 4.21. The lowest BCUT2D eigenvalue weighted by Gasteiger charge is -2.13. The SMILES string of the molecule is C#CCC(C)NCc1ccc(/C(N)=N/O)c(OC)c1. The van der Waals surface area contributed by atoms with Gasteiger partial charge in [0.2, 0.25) is 0 Å². The van der Waals surface area contributed by atoms with E-state index in [0.717, 1.165) is 5.56 Å². The molecule has 0 radical (unpaired) electrons. The Morgan fingerprint density at radius 2 is 2.37 bits per heavy atom. The van der Waals surface area contributed by atoms with Gasteiger partial charge in [0, 0.05) is 19.0 Å². The molecular formula is C14H19N3O2. The Hall–Kier alpha value is -2.19. The number of nitrogens with one attached hydrogen (secondary N) is 1. The van der Waals surface area contributed by atoms with E-state index in [1.165, 1.54) is 0 Å². The summed E-state index contributed by atoms with van der Waals surface area (Å²) in [5.74, 6) is 3.20. The number of oxime groups is 1. The van der Waals surface area contributed by atoms with Gasteiger partial charge in [-0.1, -0.05) is 11.2 Å². The Balaban J connectivity index is 2.80. The molecule has 5 nitrogen and oxygen atoms in total. The fourth-order valence-electron chi connectivity index (χ4n) is 1.65. The van der Waals surface area contributed by atoms with Crippen molar-refractivity contribution in [3.63, 3.8) is 0 Å². The fraction of sp³-hybridized carbons (Fsp3) is 0.357. The lowest BCUT2D eigenvalue weighted by atomic mass is 10.1. The van der Waals surface area contributed by atoms with Crippen LogP contribution in [0.5, 0.6) is 5.75 Å². The highest BCUT2D eigenvalue weighted by atomic mass is 16.5. The van der Waals surface area contributed by atoms with Gasteiger partial charge in [-0.3, -0.25) is 0 Å². The van der Waals surface area contributed by atoms with E-state index in [4.69, 9.17) is 22.1 Å². The number of benzene rings is 1. The Kier molecular flexibility index (Phi) is 5.71. The number of ether oxygens (including phenoxy) is 1. The van der Waals surface area contributed by atoms with E-state index in [1.54, 1.807) is 13.2 Å². The normalized spacial score (nSPS) is 12.8. The number of rotatable bonds is 6. The minimum Gasteiger partial charge on any atom is -0.496 e. The summed E-state index contributed by atoms with van der Waals surface area (Å²) in [4.78, 5) is 0. The first-order valence-electron chi connectivity index (χ1n) is 5.94. The number of methoxy groups -OCH3 is 1. The zero-order valence-electron chi connectivity index (χ0n) is 11.2. The Morgan fingerprint density at radius 1 is 1.63 bits per heavy atom. The van der Waals surface area contributed by atoms with Crippen molar-refractivity contribution >= 4 is 5.84 Å². The molecule has 0 amide bonds.